The number of phenolic OH excluding ortho intramolecular Hbond substituents is 1. The number of para-hydroxylation sites is 1. The first-order chi connectivity index (χ1) is 11.7. The molecule has 0 bridgehead atoms. The number of thiazole rings is 1. The van der Waals surface area contributed by atoms with E-state index in [0.717, 1.165) is 20.8 Å². The fourth-order valence-electron chi connectivity index (χ4n) is 2.31. The maximum Gasteiger partial charge on any atom is 0.171 e. The number of nitrogens with zero attached hydrogens (tertiary/aromatic N) is 1. The Morgan fingerprint density at radius 2 is 1.96 bits per heavy atom. The van der Waals surface area contributed by atoms with Gasteiger partial charge in [0.15, 0.2) is 10.9 Å². The molecule has 0 saturated heterocycles. The number of hydrogen-bond donors (Lipinski definition) is 3. The van der Waals surface area contributed by atoms with Gasteiger partial charge >= 0.3 is 0 Å². The van der Waals surface area contributed by atoms with Crippen LogP contribution >= 0.6 is 35.2 Å². The maximum atomic E-state index is 10.3. The second-order valence-electron chi connectivity index (χ2n) is 6.67. The van der Waals surface area contributed by atoms with Gasteiger partial charge in [0.25, 0.3) is 0 Å². The molecule has 1 aromatic heterocycles. The van der Waals surface area contributed by atoms with Crippen LogP contribution in [0.1, 0.15) is 20.8 Å². The fraction of sp³-hybridized carbons (Fsp3) is 0.222. The van der Waals surface area contributed by atoms with Crippen molar-refractivity contribution in [2.24, 2.45) is 0 Å². The number of nitrogens with one attached hydrogen (secondary N) is 2. The van der Waals surface area contributed by atoms with Crippen LogP contribution in [0.2, 0.25) is 5.02 Å². The third-order valence-electron chi connectivity index (χ3n) is 3.34. The third kappa shape index (κ3) is 4.21. The Kier molecular flexibility index (Phi) is 4.86. The summed E-state index contributed by atoms with van der Waals surface area (Å²) in [6, 6.07) is 11.4. The lowest BCUT2D eigenvalue weighted by atomic mass is 10.1. The minimum atomic E-state index is -0.186. The highest BCUT2D eigenvalue weighted by molar-refractivity contribution is 7.80. The van der Waals surface area contributed by atoms with Crippen molar-refractivity contribution in [3.63, 3.8) is 0 Å². The molecular weight excluding hydrogens is 374 g/mol. The van der Waals surface area contributed by atoms with Crippen LogP contribution < -0.4 is 10.6 Å². The molecule has 1 heterocycles. The van der Waals surface area contributed by atoms with E-state index in [1.807, 2.05) is 45.0 Å². The lowest BCUT2D eigenvalue weighted by Gasteiger charge is -2.23. The first kappa shape index (κ1) is 17.9. The zero-order valence-electron chi connectivity index (χ0n) is 14.1. The van der Waals surface area contributed by atoms with E-state index < -0.39 is 0 Å². The minimum absolute atomic E-state index is 0.0374. The molecule has 0 aliphatic heterocycles. The Morgan fingerprint density at radius 1 is 1.24 bits per heavy atom. The van der Waals surface area contributed by atoms with Gasteiger partial charge in [0, 0.05) is 11.1 Å². The van der Waals surface area contributed by atoms with Crippen molar-refractivity contribution < 1.29 is 5.11 Å². The van der Waals surface area contributed by atoms with Gasteiger partial charge in [0.05, 0.1) is 20.9 Å². The molecule has 0 spiro atoms. The van der Waals surface area contributed by atoms with Gasteiger partial charge in [-0.2, -0.15) is 0 Å². The Balaban J connectivity index is 1.96. The standard InChI is InChI=1S/C18H18ClN3OS2/c1-18(2,3)22-17(24)21-13-9-10(8-11(19)15(13)23)16-20-12-6-4-5-7-14(12)25-16/h4-9,23H,1-3H3,(H2,21,22,24). The third-order valence-corrected chi connectivity index (χ3v) is 4.92. The van der Waals surface area contributed by atoms with Crippen LogP contribution in [-0.2, 0) is 0 Å². The van der Waals surface area contributed by atoms with Gasteiger partial charge in [0.1, 0.15) is 5.01 Å². The van der Waals surface area contributed by atoms with Crippen LogP contribution in [0.3, 0.4) is 0 Å². The Morgan fingerprint density at radius 3 is 2.64 bits per heavy atom. The summed E-state index contributed by atoms with van der Waals surface area (Å²) in [4.78, 5) is 4.64. The molecule has 4 nitrogen and oxygen atoms in total. The number of phenols is 1. The lowest BCUT2D eigenvalue weighted by Crippen LogP contribution is -2.42. The number of anilines is 1. The average molecular weight is 392 g/mol. The first-order valence-corrected chi connectivity index (χ1v) is 9.31. The topological polar surface area (TPSA) is 57.2 Å². The fourth-order valence-corrected chi connectivity index (χ4v) is 3.90. The van der Waals surface area contributed by atoms with Gasteiger partial charge in [-0.25, -0.2) is 4.98 Å². The molecule has 3 N–H and O–H groups in total. The van der Waals surface area contributed by atoms with Gasteiger partial charge in [-0.15, -0.1) is 11.3 Å². The van der Waals surface area contributed by atoms with Crippen molar-refractivity contribution in [2.45, 2.75) is 26.3 Å². The van der Waals surface area contributed by atoms with Gasteiger partial charge in [-0.1, -0.05) is 23.7 Å². The van der Waals surface area contributed by atoms with Crippen LogP contribution in [0.4, 0.5) is 5.69 Å². The molecule has 3 rings (SSSR count). The van der Waals surface area contributed by atoms with E-state index in [0.29, 0.717) is 10.8 Å². The Hall–Kier alpha value is -1.89. The Bertz CT molecular complexity index is 914. The van der Waals surface area contributed by atoms with Crippen molar-refractivity contribution >= 4 is 56.2 Å². The number of fused-ring (bicyclic) bond motifs is 1. The summed E-state index contributed by atoms with van der Waals surface area (Å²) in [6.07, 6.45) is 0. The van der Waals surface area contributed by atoms with Crippen molar-refractivity contribution in [1.82, 2.24) is 10.3 Å². The molecule has 0 fully saturated rings. The highest BCUT2D eigenvalue weighted by atomic mass is 35.5. The van der Waals surface area contributed by atoms with E-state index in [4.69, 9.17) is 23.8 Å². The predicted octanol–water partition coefficient (Wildman–Crippen LogP) is 5.41. The van der Waals surface area contributed by atoms with E-state index in [9.17, 15) is 5.11 Å². The summed E-state index contributed by atoms with van der Waals surface area (Å²) in [5.74, 6) is -0.0374. The summed E-state index contributed by atoms with van der Waals surface area (Å²) in [5.41, 5.74) is 2.02. The minimum Gasteiger partial charge on any atom is -0.504 e. The summed E-state index contributed by atoms with van der Waals surface area (Å²) in [7, 11) is 0. The zero-order chi connectivity index (χ0) is 18.2. The average Bonchev–Trinajstić information content (AvgIpc) is 2.93. The molecule has 0 aliphatic rings. The van der Waals surface area contributed by atoms with Crippen LogP contribution in [-0.4, -0.2) is 20.7 Å². The molecule has 0 atom stereocenters. The van der Waals surface area contributed by atoms with Gasteiger partial charge < -0.3 is 15.7 Å². The van der Waals surface area contributed by atoms with E-state index >= 15 is 0 Å². The van der Waals surface area contributed by atoms with Gasteiger partial charge in [-0.3, -0.25) is 0 Å². The smallest absolute Gasteiger partial charge is 0.171 e. The van der Waals surface area contributed by atoms with Crippen LogP contribution in [0.25, 0.3) is 20.8 Å². The molecule has 7 heteroatoms. The summed E-state index contributed by atoms with van der Waals surface area (Å²) in [6.45, 7) is 6.02. The Labute approximate surface area is 160 Å². The quantitative estimate of drug-likeness (QED) is 0.403. The van der Waals surface area contributed by atoms with Crippen LogP contribution in [0.5, 0.6) is 5.75 Å². The highest BCUT2D eigenvalue weighted by Gasteiger charge is 2.16. The number of aromatic nitrogens is 1. The number of hydrogen-bond acceptors (Lipinski definition) is 4. The molecule has 0 amide bonds. The number of aromatic hydroxyl groups is 1. The number of benzene rings is 2. The molecule has 25 heavy (non-hydrogen) atoms. The monoisotopic (exact) mass is 391 g/mol. The van der Waals surface area contributed by atoms with E-state index in [-0.39, 0.29) is 16.3 Å². The van der Waals surface area contributed by atoms with E-state index in [2.05, 4.69) is 15.6 Å². The SMILES string of the molecule is CC(C)(C)NC(=S)Nc1cc(-c2nc3ccccc3s2)cc(Cl)c1O. The maximum absolute atomic E-state index is 10.3. The van der Waals surface area contributed by atoms with Crippen LogP contribution in [0.15, 0.2) is 36.4 Å². The van der Waals surface area contributed by atoms with E-state index in [1.54, 1.807) is 23.5 Å². The highest BCUT2D eigenvalue weighted by Crippen LogP contribution is 2.39. The largest absolute Gasteiger partial charge is 0.504 e. The number of rotatable bonds is 2. The molecule has 0 radical (unpaired) electrons. The molecule has 0 aliphatic carbocycles. The normalized spacial score (nSPS) is 11.5. The summed E-state index contributed by atoms with van der Waals surface area (Å²) >= 11 is 13.1. The molecular formula is C18H18ClN3OS2. The molecule has 3 aromatic rings. The van der Waals surface area contributed by atoms with Gasteiger partial charge in [-0.05, 0) is 57.3 Å². The predicted molar refractivity (Wildman–Crippen MR) is 111 cm³/mol. The first-order valence-electron chi connectivity index (χ1n) is 7.70. The zero-order valence-corrected chi connectivity index (χ0v) is 16.4. The van der Waals surface area contributed by atoms with Crippen molar-refractivity contribution in [3.05, 3.63) is 41.4 Å². The second kappa shape index (κ2) is 6.78. The van der Waals surface area contributed by atoms with Crippen molar-refractivity contribution in [2.75, 3.05) is 5.32 Å². The van der Waals surface area contributed by atoms with Gasteiger partial charge in [0.2, 0.25) is 0 Å². The second-order valence-corrected chi connectivity index (χ2v) is 8.52. The molecule has 0 saturated carbocycles. The van der Waals surface area contributed by atoms with Crippen molar-refractivity contribution in [1.29, 1.82) is 0 Å². The number of thiocarbonyl (C=S) groups is 1. The molecule has 130 valence electrons. The lowest BCUT2D eigenvalue weighted by molar-refractivity contribution is 0.477. The van der Waals surface area contributed by atoms with Crippen LogP contribution in [0, 0.1) is 0 Å². The summed E-state index contributed by atoms with van der Waals surface area (Å²) < 4.78 is 1.10. The molecule has 2 aromatic carbocycles. The molecule has 0 unspecified atom stereocenters. The van der Waals surface area contributed by atoms with E-state index in [1.165, 1.54) is 0 Å². The van der Waals surface area contributed by atoms with Crippen molar-refractivity contribution in [3.8, 4) is 16.3 Å². The number of halogens is 1. The summed E-state index contributed by atoms with van der Waals surface area (Å²) in [5, 5.41) is 17.9.